The Morgan fingerprint density at radius 3 is 2.53 bits per heavy atom. The molecule has 0 aliphatic heterocycles. The smallest absolute Gasteiger partial charge is 0.272 e. The number of carbonyl (C=O) groups is 2. The molecule has 0 spiro atoms. The van der Waals surface area contributed by atoms with Crippen molar-refractivity contribution in [3.05, 3.63) is 95.8 Å². The minimum Gasteiger partial charge on any atom is -0.484 e. The number of ether oxygens (including phenoxy) is 1. The van der Waals surface area contributed by atoms with E-state index in [1.165, 1.54) is 18.0 Å². The zero-order valence-corrected chi connectivity index (χ0v) is 16.3. The molecule has 0 bridgehead atoms. The molecule has 3 aromatic rings. The van der Waals surface area contributed by atoms with Gasteiger partial charge in [0.2, 0.25) is 0 Å². The lowest BCUT2D eigenvalue weighted by Gasteiger charge is -2.08. The lowest BCUT2D eigenvalue weighted by molar-refractivity contribution is -0.123. The summed E-state index contributed by atoms with van der Waals surface area (Å²) in [6.45, 7) is 0.510. The molecule has 0 saturated carbocycles. The van der Waals surface area contributed by atoms with Crippen LogP contribution in [0.2, 0.25) is 0 Å². The van der Waals surface area contributed by atoms with E-state index in [9.17, 15) is 9.59 Å². The Kier molecular flexibility index (Phi) is 7.68. The highest BCUT2D eigenvalue weighted by molar-refractivity contribution is 5.94. The molecule has 0 atom stereocenters. The number of nitrogens with one attached hydrogen (secondary N) is 2. The monoisotopic (exact) mass is 402 g/mol. The molecule has 2 aromatic carbocycles. The third-order valence-electron chi connectivity index (χ3n) is 4.13. The van der Waals surface area contributed by atoms with Crippen LogP contribution in [-0.2, 0) is 11.2 Å². The van der Waals surface area contributed by atoms with Crippen molar-refractivity contribution in [2.24, 2.45) is 5.10 Å². The highest BCUT2D eigenvalue weighted by atomic mass is 16.5. The van der Waals surface area contributed by atoms with Gasteiger partial charge < -0.3 is 10.1 Å². The van der Waals surface area contributed by atoms with Gasteiger partial charge in [0.05, 0.1) is 11.8 Å². The number of rotatable bonds is 9. The quantitative estimate of drug-likeness (QED) is 0.425. The summed E-state index contributed by atoms with van der Waals surface area (Å²) in [4.78, 5) is 27.7. The summed E-state index contributed by atoms with van der Waals surface area (Å²) >= 11 is 0. The van der Waals surface area contributed by atoms with Gasteiger partial charge in [-0.25, -0.2) is 5.43 Å². The number of benzene rings is 2. The molecular formula is C23H22N4O3. The standard InChI is InChI=1S/C23H22N4O3/c28-22(25-14-12-18-5-2-1-3-6-18)17-30-21-10-8-19(9-11-21)15-26-27-23(29)20-7-4-13-24-16-20/h1-11,13,15-16H,12,14,17H2,(H,25,28)(H,27,29)/b26-15-. The van der Waals surface area contributed by atoms with E-state index in [4.69, 9.17) is 4.74 Å². The Morgan fingerprint density at radius 1 is 1.00 bits per heavy atom. The second kappa shape index (κ2) is 11.1. The number of carbonyl (C=O) groups excluding carboxylic acids is 2. The maximum atomic E-state index is 11.9. The van der Waals surface area contributed by atoms with Crippen molar-refractivity contribution >= 4 is 18.0 Å². The Bertz CT molecular complexity index is 974. The Balaban J connectivity index is 1.37. The molecule has 7 heteroatoms. The number of hydrogen-bond acceptors (Lipinski definition) is 5. The first-order valence-electron chi connectivity index (χ1n) is 9.47. The number of aromatic nitrogens is 1. The summed E-state index contributed by atoms with van der Waals surface area (Å²) in [5, 5.41) is 6.76. The van der Waals surface area contributed by atoms with Gasteiger partial charge in [0, 0.05) is 18.9 Å². The van der Waals surface area contributed by atoms with Gasteiger partial charge in [-0.3, -0.25) is 14.6 Å². The SMILES string of the molecule is O=C(COc1ccc(/C=N\NC(=O)c2cccnc2)cc1)NCCc1ccccc1. The fourth-order valence-electron chi connectivity index (χ4n) is 2.57. The number of pyridine rings is 1. The molecule has 0 aliphatic carbocycles. The normalized spacial score (nSPS) is 10.5. The van der Waals surface area contributed by atoms with Crippen LogP contribution < -0.4 is 15.5 Å². The van der Waals surface area contributed by atoms with Gasteiger partial charge in [-0.15, -0.1) is 0 Å². The second-order valence-corrected chi connectivity index (χ2v) is 6.38. The molecule has 0 saturated heterocycles. The lowest BCUT2D eigenvalue weighted by atomic mass is 10.1. The highest BCUT2D eigenvalue weighted by Crippen LogP contribution is 2.11. The summed E-state index contributed by atoms with van der Waals surface area (Å²) in [6.07, 6.45) is 5.36. The Hall–Kier alpha value is -4.00. The number of hydrazone groups is 1. The molecule has 3 rings (SSSR count). The third-order valence-corrected chi connectivity index (χ3v) is 4.13. The largest absolute Gasteiger partial charge is 0.484 e. The molecule has 1 heterocycles. The molecule has 1 aromatic heterocycles. The molecule has 2 amide bonds. The molecule has 30 heavy (non-hydrogen) atoms. The van der Waals surface area contributed by atoms with E-state index >= 15 is 0 Å². The van der Waals surface area contributed by atoms with Crippen LogP contribution in [0.4, 0.5) is 0 Å². The van der Waals surface area contributed by atoms with Gasteiger partial charge >= 0.3 is 0 Å². The molecular weight excluding hydrogens is 380 g/mol. The van der Waals surface area contributed by atoms with E-state index in [-0.39, 0.29) is 18.4 Å². The predicted octanol–water partition coefficient (Wildman–Crippen LogP) is 2.58. The zero-order chi connectivity index (χ0) is 21.0. The first-order chi connectivity index (χ1) is 14.7. The number of nitrogens with zero attached hydrogens (tertiary/aromatic N) is 2. The topological polar surface area (TPSA) is 92.7 Å². The van der Waals surface area contributed by atoms with Crippen LogP contribution >= 0.6 is 0 Å². The van der Waals surface area contributed by atoms with E-state index in [1.54, 1.807) is 42.6 Å². The highest BCUT2D eigenvalue weighted by Gasteiger charge is 2.04. The maximum Gasteiger partial charge on any atom is 0.272 e. The summed E-state index contributed by atoms with van der Waals surface area (Å²) in [7, 11) is 0. The molecule has 0 aliphatic rings. The van der Waals surface area contributed by atoms with Crippen LogP contribution in [0.15, 0.2) is 84.2 Å². The van der Waals surface area contributed by atoms with E-state index < -0.39 is 0 Å². The van der Waals surface area contributed by atoms with Crippen LogP contribution in [0.25, 0.3) is 0 Å². The van der Waals surface area contributed by atoms with Crippen LogP contribution in [0.1, 0.15) is 21.5 Å². The molecule has 0 radical (unpaired) electrons. The predicted molar refractivity (Wildman–Crippen MR) is 114 cm³/mol. The molecule has 2 N–H and O–H groups in total. The molecule has 0 fully saturated rings. The maximum absolute atomic E-state index is 11.9. The van der Waals surface area contributed by atoms with Crippen LogP contribution in [-0.4, -0.2) is 36.2 Å². The van der Waals surface area contributed by atoms with Gasteiger partial charge in [-0.05, 0) is 53.9 Å². The average Bonchev–Trinajstić information content (AvgIpc) is 2.80. The van der Waals surface area contributed by atoms with Crippen molar-refractivity contribution in [2.45, 2.75) is 6.42 Å². The van der Waals surface area contributed by atoms with E-state index in [1.807, 2.05) is 30.3 Å². The first kappa shape index (κ1) is 20.7. The second-order valence-electron chi connectivity index (χ2n) is 6.38. The van der Waals surface area contributed by atoms with Gasteiger partial charge in [0.15, 0.2) is 6.61 Å². The first-order valence-corrected chi connectivity index (χ1v) is 9.47. The zero-order valence-electron chi connectivity index (χ0n) is 16.3. The van der Waals surface area contributed by atoms with Gasteiger partial charge in [-0.2, -0.15) is 5.10 Å². The van der Waals surface area contributed by atoms with Crippen LogP contribution in [0.5, 0.6) is 5.75 Å². The van der Waals surface area contributed by atoms with Gasteiger partial charge in [0.25, 0.3) is 11.8 Å². The molecule has 152 valence electrons. The summed E-state index contributed by atoms with van der Waals surface area (Å²) in [6, 6.07) is 20.3. The van der Waals surface area contributed by atoms with Crippen molar-refractivity contribution in [3.63, 3.8) is 0 Å². The lowest BCUT2D eigenvalue weighted by Crippen LogP contribution is -2.30. The summed E-state index contributed by atoms with van der Waals surface area (Å²) < 4.78 is 5.49. The number of hydrogen-bond donors (Lipinski definition) is 2. The van der Waals surface area contributed by atoms with Crippen LogP contribution in [0.3, 0.4) is 0 Å². The van der Waals surface area contributed by atoms with Gasteiger partial charge in [-0.1, -0.05) is 30.3 Å². The third kappa shape index (κ3) is 6.87. The van der Waals surface area contributed by atoms with Crippen LogP contribution in [0, 0.1) is 0 Å². The van der Waals surface area contributed by atoms with Crippen molar-refractivity contribution in [1.82, 2.24) is 15.7 Å². The Morgan fingerprint density at radius 2 is 1.80 bits per heavy atom. The van der Waals surface area contributed by atoms with Crippen molar-refractivity contribution in [3.8, 4) is 5.75 Å². The minimum atomic E-state index is -0.336. The van der Waals surface area contributed by atoms with Gasteiger partial charge in [0.1, 0.15) is 5.75 Å². The van der Waals surface area contributed by atoms with Crippen molar-refractivity contribution in [1.29, 1.82) is 0 Å². The van der Waals surface area contributed by atoms with E-state index in [0.717, 1.165) is 12.0 Å². The Labute approximate surface area is 174 Å². The fraction of sp³-hybridized carbons (Fsp3) is 0.130. The van der Waals surface area contributed by atoms with E-state index in [2.05, 4.69) is 20.8 Å². The number of amides is 2. The summed E-state index contributed by atoms with van der Waals surface area (Å²) in [5.41, 5.74) is 4.82. The fourth-order valence-corrected chi connectivity index (χ4v) is 2.57. The minimum absolute atomic E-state index is 0.0522. The molecule has 0 unspecified atom stereocenters. The van der Waals surface area contributed by atoms with Crippen molar-refractivity contribution < 1.29 is 14.3 Å². The van der Waals surface area contributed by atoms with Crippen molar-refractivity contribution in [2.75, 3.05) is 13.2 Å². The molecule has 7 nitrogen and oxygen atoms in total. The van der Waals surface area contributed by atoms with E-state index in [0.29, 0.717) is 17.9 Å². The average molecular weight is 402 g/mol. The summed E-state index contributed by atoms with van der Waals surface area (Å²) in [5.74, 6) is 0.0667.